The number of anilines is 1. The molecule has 5 heteroatoms. The van der Waals surface area contributed by atoms with Crippen molar-refractivity contribution in [3.63, 3.8) is 0 Å². The van der Waals surface area contributed by atoms with E-state index in [1.54, 1.807) is 12.4 Å². The van der Waals surface area contributed by atoms with Crippen molar-refractivity contribution in [1.82, 2.24) is 4.98 Å². The second-order valence-corrected chi connectivity index (χ2v) is 5.30. The zero-order valence-electron chi connectivity index (χ0n) is 10.2. The van der Waals surface area contributed by atoms with E-state index in [9.17, 15) is 4.79 Å². The average molecular weight is 262 g/mol. The number of rotatable bonds is 3. The molecule has 94 valence electrons. The van der Waals surface area contributed by atoms with Gasteiger partial charge < -0.3 is 10.8 Å². The fourth-order valence-corrected chi connectivity index (χ4v) is 3.13. The fourth-order valence-electron chi connectivity index (χ4n) is 1.91. The number of carboxylic acid groups (broad SMARTS) is 1. The molecule has 2 aromatic heterocycles. The third kappa shape index (κ3) is 2.09. The molecule has 0 fully saturated rings. The first-order chi connectivity index (χ1) is 8.52. The van der Waals surface area contributed by atoms with Gasteiger partial charge in [0.15, 0.2) is 0 Å². The van der Waals surface area contributed by atoms with Crippen molar-refractivity contribution in [1.29, 1.82) is 0 Å². The van der Waals surface area contributed by atoms with E-state index in [1.165, 1.54) is 11.3 Å². The molecule has 0 aliphatic rings. The number of hydrogen-bond acceptors (Lipinski definition) is 4. The number of aromatic nitrogens is 1. The van der Waals surface area contributed by atoms with Crippen molar-refractivity contribution in [2.24, 2.45) is 0 Å². The van der Waals surface area contributed by atoms with E-state index in [0.717, 1.165) is 16.0 Å². The number of thiophene rings is 1. The summed E-state index contributed by atoms with van der Waals surface area (Å²) in [5.41, 5.74) is 8.20. The summed E-state index contributed by atoms with van der Waals surface area (Å²) in [5, 5.41) is 9.15. The second kappa shape index (κ2) is 4.78. The molecule has 0 atom stereocenters. The van der Waals surface area contributed by atoms with Crippen LogP contribution in [0.1, 0.15) is 35.0 Å². The van der Waals surface area contributed by atoms with Crippen LogP contribution in [0.3, 0.4) is 0 Å². The molecule has 0 saturated carbocycles. The van der Waals surface area contributed by atoms with Crippen LogP contribution in [-0.4, -0.2) is 16.1 Å². The summed E-state index contributed by atoms with van der Waals surface area (Å²) >= 11 is 1.22. The van der Waals surface area contributed by atoms with Gasteiger partial charge in [-0.05, 0) is 29.2 Å². The van der Waals surface area contributed by atoms with Crippen LogP contribution in [0.4, 0.5) is 5.69 Å². The molecule has 4 nitrogen and oxygen atoms in total. The number of carbonyl (C=O) groups is 1. The van der Waals surface area contributed by atoms with Crippen molar-refractivity contribution in [2.45, 2.75) is 19.8 Å². The minimum atomic E-state index is -0.972. The topological polar surface area (TPSA) is 76.2 Å². The lowest BCUT2D eigenvalue weighted by Gasteiger charge is -2.08. The number of nitrogens with zero attached hydrogens (tertiary/aromatic N) is 1. The molecule has 2 heterocycles. The predicted molar refractivity (Wildman–Crippen MR) is 73.0 cm³/mol. The summed E-state index contributed by atoms with van der Waals surface area (Å²) in [4.78, 5) is 16.3. The summed E-state index contributed by atoms with van der Waals surface area (Å²) in [5.74, 6) is -0.794. The van der Waals surface area contributed by atoms with Gasteiger partial charge in [0.2, 0.25) is 0 Å². The van der Waals surface area contributed by atoms with E-state index in [2.05, 4.69) is 4.98 Å². The molecule has 0 saturated heterocycles. The SMILES string of the molecule is CC(C)c1c(-c2ccncc2)sc(C(=O)O)c1N. The molecule has 0 aliphatic heterocycles. The van der Waals surface area contributed by atoms with E-state index in [1.807, 2.05) is 26.0 Å². The maximum Gasteiger partial charge on any atom is 0.348 e. The van der Waals surface area contributed by atoms with Crippen molar-refractivity contribution < 1.29 is 9.90 Å². The van der Waals surface area contributed by atoms with Crippen molar-refractivity contribution in [3.8, 4) is 10.4 Å². The van der Waals surface area contributed by atoms with Crippen LogP contribution in [-0.2, 0) is 0 Å². The maximum absolute atomic E-state index is 11.2. The van der Waals surface area contributed by atoms with Gasteiger partial charge in [-0.25, -0.2) is 4.79 Å². The summed E-state index contributed by atoms with van der Waals surface area (Å²) in [6.07, 6.45) is 3.38. The van der Waals surface area contributed by atoms with E-state index in [0.29, 0.717) is 5.69 Å². The zero-order chi connectivity index (χ0) is 13.3. The Hall–Kier alpha value is -1.88. The van der Waals surface area contributed by atoms with Gasteiger partial charge in [0, 0.05) is 17.3 Å². The van der Waals surface area contributed by atoms with Gasteiger partial charge in [-0.2, -0.15) is 0 Å². The van der Waals surface area contributed by atoms with E-state index >= 15 is 0 Å². The fraction of sp³-hybridized carbons (Fsp3) is 0.231. The molecule has 0 bridgehead atoms. The van der Waals surface area contributed by atoms with Crippen molar-refractivity contribution in [3.05, 3.63) is 35.0 Å². The lowest BCUT2D eigenvalue weighted by atomic mass is 9.99. The minimum Gasteiger partial charge on any atom is -0.477 e. The van der Waals surface area contributed by atoms with Gasteiger partial charge in [0.1, 0.15) is 4.88 Å². The zero-order valence-corrected chi connectivity index (χ0v) is 11.0. The largest absolute Gasteiger partial charge is 0.477 e. The van der Waals surface area contributed by atoms with E-state index in [-0.39, 0.29) is 10.8 Å². The Morgan fingerprint density at radius 3 is 2.50 bits per heavy atom. The lowest BCUT2D eigenvalue weighted by Crippen LogP contribution is -2.00. The number of aromatic carboxylic acids is 1. The molecule has 0 spiro atoms. The number of carboxylic acids is 1. The van der Waals surface area contributed by atoms with Crippen LogP contribution in [0.25, 0.3) is 10.4 Å². The highest BCUT2D eigenvalue weighted by atomic mass is 32.1. The first kappa shape index (κ1) is 12.6. The Morgan fingerprint density at radius 2 is 2.00 bits per heavy atom. The Bertz CT molecular complexity index is 576. The molecule has 0 radical (unpaired) electrons. The van der Waals surface area contributed by atoms with Gasteiger partial charge in [0.25, 0.3) is 0 Å². The predicted octanol–water partition coefficient (Wildman–Crippen LogP) is 3.21. The Kier molecular flexibility index (Phi) is 3.34. The summed E-state index contributed by atoms with van der Waals surface area (Å²) in [6.45, 7) is 4.02. The molecule has 2 aromatic rings. The van der Waals surface area contributed by atoms with Crippen LogP contribution in [0.2, 0.25) is 0 Å². The van der Waals surface area contributed by atoms with Crippen LogP contribution in [0.5, 0.6) is 0 Å². The summed E-state index contributed by atoms with van der Waals surface area (Å²) in [6, 6.07) is 3.73. The average Bonchev–Trinajstić information content (AvgIpc) is 2.68. The first-order valence-corrected chi connectivity index (χ1v) is 6.39. The maximum atomic E-state index is 11.2. The smallest absolute Gasteiger partial charge is 0.348 e. The third-order valence-corrected chi connectivity index (χ3v) is 3.96. The Labute approximate surface area is 109 Å². The Morgan fingerprint density at radius 1 is 1.39 bits per heavy atom. The molecule has 2 rings (SSSR count). The normalized spacial score (nSPS) is 10.8. The van der Waals surface area contributed by atoms with Gasteiger partial charge in [-0.15, -0.1) is 11.3 Å². The molecule has 0 amide bonds. The van der Waals surface area contributed by atoms with Gasteiger partial charge in [-0.3, -0.25) is 4.98 Å². The molecule has 0 aliphatic carbocycles. The highest BCUT2D eigenvalue weighted by Crippen LogP contribution is 2.42. The van der Waals surface area contributed by atoms with Gasteiger partial charge in [-0.1, -0.05) is 13.8 Å². The monoisotopic (exact) mass is 262 g/mol. The number of nitrogens with two attached hydrogens (primary N) is 1. The quantitative estimate of drug-likeness (QED) is 0.890. The number of hydrogen-bond donors (Lipinski definition) is 2. The Balaban J connectivity index is 2.67. The molecule has 0 aromatic carbocycles. The van der Waals surface area contributed by atoms with Crippen molar-refractivity contribution in [2.75, 3.05) is 5.73 Å². The minimum absolute atomic E-state index is 0.178. The third-order valence-electron chi connectivity index (χ3n) is 2.70. The van der Waals surface area contributed by atoms with E-state index < -0.39 is 5.97 Å². The standard InChI is InChI=1S/C13H14N2O2S/c1-7(2)9-10(14)12(13(16)17)18-11(9)8-3-5-15-6-4-8/h3-7H,14H2,1-2H3,(H,16,17). The first-order valence-electron chi connectivity index (χ1n) is 5.58. The highest BCUT2D eigenvalue weighted by molar-refractivity contribution is 7.18. The molecule has 18 heavy (non-hydrogen) atoms. The van der Waals surface area contributed by atoms with Gasteiger partial charge in [0.05, 0.1) is 5.69 Å². The van der Waals surface area contributed by atoms with E-state index in [4.69, 9.17) is 10.8 Å². The lowest BCUT2D eigenvalue weighted by molar-refractivity contribution is 0.0703. The molecular weight excluding hydrogens is 248 g/mol. The van der Waals surface area contributed by atoms with Crippen LogP contribution < -0.4 is 5.73 Å². The van der Waals surface area contributed by atoms with Crippen LogP contribution in [0.15, 0.2) is 24.5 Å². The summed E-state index contributed by atoms with van der Waals surface area (Å²) in [7, 11) is 0. The van der Waals surface area contributed by atoms with Crippen LogP contribution in [0, 0.1) is 0 Å². The summed E-state index contributed by atoms with van der Waals surface area (Å²) < 4.78 is 0. The molecule has 3 N–H and O–H groups in total. The van der Waals surface area contributed by atoms with Gasteiger partial charge >= 0.3 is 5.97 Å². The molecular formula is C13H14N2O2S. The second-order valence-electron chi connectivity index (χ2n) is 4.28. The number of pyridine rings is 1. The van der Waals surface area contributed by atoms with Crippen LogP contribution >= 0.6 is 11.3 Å². The number of nitrogen functional groups attached to an aromatic ring is 1. The highest BCUT2D eigenvalue weighted by Gasteiger charge is 2.22. The van der Waals surface area contributed by atoms with Crippen molar-refractivity contribution >= 4 is 23.0 Å². The molecule has 0 unspecified atom stereocenters.